The third kappa shape index (κ3) is 1.78. The Hall–Kier alpha value is -3.20. The molecule has 0 amide bonds. The predicted molar refractivity (Wildman–Crippen MR) is 87.4 cm³/mol. The molecule has 0 atom stereocenters. The number of H-pyrrole nitrogens is 1. The van der Waals surface area contributed by atoms with E-state index in [4.69, 9.17) is 8.83 Å². The number of fused-ring (bicyclic) bond motifs is 5. The largest absolute Gasteiger partial charge is 0.447 e. The number of nitrogens with zero attached hydrogens (tertiary/aromatic N) is 3. The maximum atomic E-state index is 12.8. The highest BCUT2D eigenvalue weighted by Crippen LogP contribution is 2.34. The highest BCUT2D eigenvalue weighted by atomic mass is 32.1. The van der Waals surface area contributed by atoms with Gasteiger partial charge in [-0.25, -0.2) is 14.8 Å². The molecule has 24 heavy (non-hydrogen) atoms. The van der Waals surface area contributed by atoms with Crippen LogP contribution in [-0.2, 0) is 6.54 Å². The molecule has 5 aromatic rings. The SMILES string of the molecule is O=c1[nH]c2c(ccc3c2sc2ncn(Cc4cnco4)c(=O)c23)o1. The Morgan fingerprint density at radius 2 is 2.21 bits per heavy atom. The van der Waals surface area contributed by atoms with E-state index in [0.29, 0.717) is 27.1 Å². The number of hydrogen-bond donors (Lipinski definition) is 1. The van der Waals surface area contributed by atoms with E-state index in [0.717, 1.165) is 10.1 Å². The molecule has 0 saturated carbocycles. The van der Waals surface area contributed by atoms with E-state index in [-0.39, 0.29) is 12.1 Å². The highest BCUT2D eigenvalue weighted by Gasteiger charge is 2.16. The van der Waals surface area contributed by atoms with E-state index in [2.05, 4.69) is 15.0 Å². The standard InChI is InChI=1S/C15H8N4O4S/c20-14-10-8-1-2-9-11(18-15(21)23-9)12(8)24-13(10)17-5-19(14)4-7-3-16-6-22-7/h1-3,5-6H,4H2,(H,18,21). The van der Waals surface area contributed by atoms with Crippen molar-refractivity contribution >= 4 is 42.7 Å². The van der Waals surface area contributed by atoms with Crippen LogP contribution in [0.4, 0.5) is 0 Å². The summed E-state index contributed by atoms with van der Waals surface area (Å²) in [6.07, 6.45) is 4.36. The van der Waals surface area contributed by atoms with Crippen molar-refractivity contribution in [2.45, 2.75) is 6.54 Å². The summed E-state index contributed by atoms with van der Waals surface area (Å²) in [5.74, 6) is 0.0463. The molecule has 0 radical (unpaired) electrons. The zero-order chi connectivity index (χ0) is 16.3. The quantitative estimate of drug-likeness (QED) is 0.527. The van der Waals surface area contributed by atoms with Gasteiger partial charge in [0, 0.05) is 5.39 Å². The van der Waals surface area contributed by atoms with Crippen molar-refractivity contribution < 1.29 is 8.83 Å². The minimum Gasteiger partial charge on any atom is -0.447 e. The van der Waals surface area contributed by atoms with Crippen molar-refractivity contribution in [3.8, 4) is 0 Å². The lowest BCUT2D eigenvalue weighted by Gasteiger charge is -2.02. The lowest BCUT2D eigenvalue weighted by Crippen LogP contribution is -2.20. The minimum atomic E-state index is -0.523. The average Bonchev–Trinajstić information content (AvgIpc) is 3.26. The van der Waals surface area contributed by atoms with Crippen LogP contribution < -0.4 is 11.3 Å². The van der Waals surface area contributed by atoms with Gasteiger partial charge in [-0.05, 0) is 12.1 Å². The number of nitrogens with one attached hydrogen (secondary N) is 1. The molecule has 0 unspecified atom stereocenters. The Bertz CT molecular complexity index is 1320. The molecule has 8 nitrogen and oxygen atoms in total. The molecule has 1 aromatic carbocycles. The maximum absolute atomic E-state index is 12.8. The van der Waals surface area contributed by atoms with Gasteiger partial charge in [0.15, 0.2) is 12.0 Å². The normalized spacial score (nSPS) is 11.8. The van der Waals surface area contributed by atoms with Crippen molar-refractivity contribution in [3.05, 3.63) is 57.7 Å². The van der Waals surface area contributed by atoms with E-state index in [1.807, 2.05) is 0 Å². The topological polar surface area (TPSA) is 107 Å². The van der Waals surface area contributed by atoms with Gasteiger partial charge in [-0.3, -0.25) is 14.3 Å². The van der Waals surface area contributed by atoms with Gasteiger partial charge in [0.2, 0.25) is 0 Å². The number of rotatable bonds is 2. The fraction of sp³-hybridized carbons (Fsp3) is 0.0667. The van der Waals surface area contributed by atoms with Gasteiger partial charge in [0.05, 0.1) is 29.2 Å². The molecule has 0 aliphatic heterocycles. The molecule has 4 aromatic heterocycles. The second kappa shape index (κ2) is 4.65. The first-order valence-electron chi connectivity index (χ1n) is 7.01. The highest BCUT2D eigenvalue weighted by molar-refractivity contribution is 7.26. The maximum Gasteiger partial charge on any atom is 0.417 e. The molecule has 0 fully saturated rings. The molecule has 118 valence electrons. The summed E-state index contributed by atoms with van der Waals surface area (Å²) in [5, 5.41) is 1.25. The molecular formula is C15H8N4O4S. The second-order valence-corrected chi connectivity index (χ2v) is 6.26. The zero-order valence-corrected chi connectivity index (χ0v) is 12.8. The van der Waals surface area contributed by atoms with Gasteiger partial charge in [-0.15, -0.1) is 11.3 Å². The summed E-state index contributed by atoms with van der Waals surface area (Å²) >= 11 is 1.34. The fourth-order valence-corrected chi connectivity index (χ4v) is 3.90. The number of aromatic amines is 1. The number of benzene rings is 1. The first-order valence-corrected chi connectivity index (χ1v) is 7.83. The van der Waals surface area contributed by atoms with Crippen molar-refractivity contribution in [1.82, 2.24) is 19.5 Å². The molecular weight excluding hydrogens is 332 g/mol. The summed E-state index contributed by atoms with van der Waals surface area (Å²) in [4.78, 5) is 35.8. The van der Waals surface area contributed by atoms with Crippen LogP contribution in [-0.4, -0.2) is 19.5 Å². The summed E-state index contributed by atoms with van der Waals surface area (Å²) in [7, 11) is 0. The molecule has 0 aliphatic rings. The van der Waals surface area contributed by atoms with Crippen LogP contribution in [0.2, 0.25) is 0 Å². The van der Waals surface area contributed by atoms with Crippen molar-refractivity contribution in [2.75, 3.05) is 0 Å². The Morgan fingerprint density at radius 3 is 3.04 bits per heavy atom. The van der Waals surface area contributed by atoms with Gasteiger partial charge in [0.25, 0.3) is 5.56 Å². The zero-order valence-electron chi connectivity index (χ0n) is 12.0. The van der Waals surface area contributed by atoms with E-state index < -0.39 is 5.76 Å². The van der Waals surface area contributed by atoms with Crippen molar-refractivity contribution in [1.29, 1.82) is 0 Å². The molecule has 9 heteroatoms. The molecule has 5 rings (SSSR count). The smallest absolute Gasteiger partial charge is 0.417 e. The van der Waals surface area contributed by atoms with E-state index in [9.17, 15) is 9.59 Å². The van der Waals surface area contributed by atoms with Crippen molar-refractivity contribution in [3.63, 3.8) is 0 Å². The molecule has 0 saturated heterocycles. The lowest BCUT2D eigenvalue weighted by molar-refractivity contribution is 0.484. The van der Waals surface area contributed by atoms with Crippen LogP contribution in [0, 0.1) is 0 Å². The lowest BCUT2D eigenvalue weighted by atomic mass is 10.2. The van der Waals surface area contributed by atoms with E-state index >= 15 is 0 Å². The Kier molecular flexibility index (Phi) is 2.57. The van der Waals surface area contributed by atoms with Crippen molar-refractivity contribution in [2.24, 2.45) is 0 Å². The summed E-state index contributed by atoms with van der Waals surface area (Å²) in [5.41, 5.74) is 0.871. The van der Waals surface area contributed by atoms with Gasteiger partial charge in [-0.1, -0.05) is 0 Å². The number of oxazole rings is 2. The van der Waals surface area contributed by atoms with Gasteiger partial charge in [0.1, 0.15) is 16.1 Å². The summed E-state index contributed by atoms with van der Waals surface area (Å²) in [6, 6.07) is 3.45. The van der Waals surface area contributed by atoms with Crippen LogP contribution in [0.25, 0.3) is 31.4 Å². The van der Waals surface area contributed by atoms with Gasteiger partial charge < -0.3 is 8.83 Å². The van der Waals surface area contributed by atoms with E-state index in [1.165, 1.54) is 28.6 Å². The molecule has 0 aliphatic carbocycles. The molecule has 1 N–H and O–H groups in total. The van der Waals surface area contributed by atoms with Crippen LogP contribution in [0.5, 0.6) is 0 Å². The Morgan fingerprint density at radius 1 is 1.29 bits per heavy atom. The first kappa shape index (κ1) is 13.3. The number of thiophene rings is 1. The third-order valence-corrected chi connectivity index (χ3v) is 4.96. The average molecular weight is 340 g/mol. The summed E-state index contributed by atoms with van der Waals surface area (Å²) < 4.78 is 12.5. The Labute approximate surface area is 136 Å². The second-order valence-electron chi connectivity index (χ2n) is 5.26. The third-order valence-electron chi connectivity index (χ3n) is 3.83. The van der Waals surface area contributed by atoms with Crippen LogP contribution in [0.1, 0.15) is 5.76 Å². The monoisotopic (exact) mass is 340 g/mol. The summed E-state index contributed by atoms with van der Waals surface area (Å²) in [6.45, 7) is 0.254. The minimum absolute atomic E-state index is 0.173. The van der Waals surface area contributed by atoms with Gasteiger partial charge in [-0.2, -0.15) is 0 Å². The fourth-order valence-electron chi connectivity index (χ4n) is 2.78. The van der Waals surface area contributed by atoms with E-state index in [1.54, 1.807) is 18.3 Å². The molecule has 0 spiro atoms. The number of aromatic nitrogens is 4. The Balaban J connectivity index is 1.83. The predicted octanol–water partition coefficient (Wildman–Crippen LogP) is 2.08. The van der Waals surface area contributed by atoms with Crippen LogP contribution >= 0.6 is 11.3 Å². The first-order chi connectivity index (χ1) is 11.7. The van der Waals surface area contributed by atoms with Gasteiger partial charge >= 0.3 is 5.76 Å². The van der Waals surface area contributed by atoms with Crippen LogP contribution in [0.3, 0.4) is 0 Å². The molecule has 0 bridgehead atoms. The number of hydrogen-bond acceptors (Lipinski definition) is 7. The molecule has 4 heterocycles. The van der Waals surface area contributed by atoms with Crippen LogP contribution in [0.15, 0.2) is 49.5 Å².